The van der Waals surface area contributed by atoms with E-state index in [-0.39, 0.29) is 41.0 Å². The first-order valence-corrected chi connectivity index (χ1v) is 12.9. The highest BCUT2D eigenvalue weighted by Crippen LogP contribution is 2.53. The van der Waals surface area contributed by atoms with Crippen LogP contribution in [0.2, 0.25) is 0 Å². The number of nitrogens with one attached hydrogen (secondary N) is 1. The van der Waals surface area contributed by atoms with Crippen LogP contribution in [-0.4, -0.2) is 81.3 Å². The molecule has 1 saturated carbocycles. The topological polar surface area (TPSA) is 96.0 Å². The van der Waals surface area contributed by atoms with Gasteiger partial charge in [0.2, 0.25) is 5.91 Å². The molecule has 3 amide bonds. The van der Waals surface area contributed by atoms with E-state index in [0.29, 0.717) is 44.1 Å². The Balaban J connectivity index is 1.13. The number of amides is 3. The minimum atomic E-state index is -3.48. The molecule has 3 saturated heterocycles. The zero-order chi connectivity index (χ0) is 22.7. The number of fused-ring (bicyclic) bond motifs is 1. The van der Waals surface area contributed by atoms with Crippen LogP contribution in [-0.2, 0) is 25.8 Å². The molecule has 1 aromatic rings. The second-order valence-electron chi connectivity index (χ2n) is 9.90. The minimum Gasteiger partial charge on any atom is -0.366 e. The van der Waals surface area contributed by atoms with Gasteiger partial charge in [0.1, 0.15) is 12.4 Å². The highest BCUT2D eigenvalue weighted by molar-refractivity contribution is 7.90. The highest BCUT2D eigenvalue weighted by atomic mass is 32.2. The molecule has 8 nitrogen and oxygen atoms in total. The van der Waals surface area contributed by atoms with Gasteiger partial charge in [-0.1, -0.05) is 6.07 Å². The predicted octanol–water partition coefficient (Wildman–Crippen LogP) is 1.19. The summed E-state index contributed by atoms with van der Waals surface area (Å²) in [6.07, 6.45) is 4.29. The van der Waals surface area contributed by atoms with E-state index in [1.54, 1.807) is 11.0 Å². The maximum absolute atomic E-state index is 13.5. The van der Waals surface area contributed by atoms with Crippen LogP contribution in [0.4, 0.5) is 9.18 Å². The van der Waals surface area contributed by atoms with E-state index in [9.17, 15) is 22.4 Å². The molecule has 0 aromatic heterocycles. The second-order valence-corrected chi connectivity index (χ2v) is 11.9. The molecule has 0 unspecified atom stereocenters. The van der Waals surface area contributed by atoms with E-state index in [2.05, 4.69) is 5.32 Å². The number of morpholine rings is 1. The average molecular weight is 466 g/mol. The fourth-order valence-electron chi connectivity index (χ4n) is 5.89. The van der Waals surface area contributed by atoms with Crippen LogP contribution in [0.3, 0.4) is 0 Å². The molecule has 10 heteroatoms. The number of carbonyl (C=O) groups excluding carboxylic acids is 2. The molecule has 4 aliphatic rings. The predicted molar refractivity (Wildman–Crippen MR) is 113 cm³/mol. The van der Waals surface area contributed by atoms with Crippen LogP contribution in [0.1, 0.15) is 24.8 Å². The Morgan fingerprint density at radius 1 is 1.28 bits per heavy atom. The van der Waals surface area contributed by atoms with E-state index in [0.717, 1.165) is 31.6 Å². The number of sulfone groups is 1. The van der Waals surface area contributed by atoms with Crippen molar-refractivity contribution in [3.8, 4) is 0 Å². The molecule has 1 N–H and O–H groups in total. The number of benzene rings is 1. The van der Waals surface area contributed by atoms with Gasteiger partial charge in [-0.3, -0.25) is 4.79 Å². The lowest BCUT2D eigenvalue weighted by Gasteiger charge is -2.60. The van der Waals surface area contributed by atoms with Gasteiger partial charge in [-0.15, -0.1) is 0 Å². The standard InChI is InChI=1S/C22H28FN3O5S/c1-32(29,30)19-7-16(23)3-2-15(19)6-14-8-22(9-14)12-26(13-22)21(28)25-5-4-18-17(10-25)24-20(27)11-31-18/h2-3,7,14,17-18H,4-6,8-13H2,1H3,(H,24,27)/t17-,18+/m1/s1. The molecular formula is C22H28FN3O5S. The van der Waals surface area contributed by atoms with Gasteiger partial charge in [0.05, 0.1) is 17.0 Å². The third-order valence-corrected chi connectivity index (χ3v) is 8.48. The summed E-state index contributed by atoms with van der Waals surface area (Å²) >= 11 is 0. The number of rotatable bonds is 3. The van der Waals surface area contributed by atoms with Crippen molar-refractivity contribution in [2.45, 2.75) is 42.7 Å². The molecule has 3 aliphatic heterocycles. The maximum Gasteiger partial charge on any atom is 0.320 e. The van der Waals surface area contributed by atoms with Crippen molar-refractivity contribution in [1.82, 2.24) is 15.1 Å². The van der Waals surface area contributed by atoms with E-state index in [1.807, 2.05) is 4.90 Å². The third-order valence-electron chi connectivity index (χ3n) is 7.30. The molecule has 1 aromatic carbocycles. The van der Waals surface area contributed by atoms with Gasteiger partial charge >= 0.3 is 6.03 Å². The van der Waals surface area contributed by atoms with Crippen molar-refractivity contribution >= 4 is 21.8 Å². The number of hydrogen-bond donors (Lipinski definition) is 1. The molecule has 32 heavy (non-hydrogen) atoms. The molecule has 0 radical (unpaired) electrons. The van der Waals surface area contributed by atoms with Gasteiger partial charge in [0, 0.05) is 37.8 Å². The molecular weight excluding hydrogens is 437 g/mol. The Morgan fingerprint density at radius 3 is 2.75 bits per heavy atom. The van der Waals surface area contributed by atoms with E-state index >= 15 is 0 Å². The molecule has 1 aliphatic carbocycles. The highest BCUT2D eigenvalue weighted by Gasteiger charge is 2.54. The van der Waals surface area contributed by atoms with Gasteiger partial charge in [-0.05, 0) is 49.3 Å². The number of ether oxygens (including phenoxy) is 1. The van der Waals surface area contributed by atoms with Crippen molar-refractivity contribution in [2.24, 2.45) is 11.3 Å². The first kappa shape index (κ1) is 21.6. The summed E-state index contributed by atoms with van der Waals surface area (Å²) in [7, 11) is -3.48. The van der Waals surface area contributed by atoms with Gasteiger partial charge in [-0.2, -0.15) is 0 Å². The van der Waals surface area contributed by atoms with Crippen LogP contribution in [0.15, 0.2) is 23.1 Å². The zero-order valence-electron chi connectivity index (χ0n) is 18.0. The molecule has 0 bridgehead atoms. The Morgan fingerprint density at radius 2 is 2.03 bits per heavy atom. The summed E-state index contributed by atoms with van der Waals surface area (Å²) in [5, 5.41) is 2.92. The molecule has 3 heterocycles. The van der Waals surface area contributed by atoms with Crippen LogP contribution < -0.4 is 5.32 Å². The van der Waals surface area contributed by atoms with Crippen molar-refractivity contribution in [3.05, 3.63) is 29.6 Å². The summed E-state index contributed by atoms with van der Waals surface area (Å²) in [4.78, 5) is 28.2. The maximum atomic E-state index is 13.5. The van der Waals surface area contributed by atoms with E-state index < -0.39 is 15.7 Å². The number of likely N-dealkylation sites (tertiary alicyclic amines) is 2. The lowest BCUT2D eigenvalue weighted by molar-refractivity contribution is -0.140. The van der Waals surface area contributed by atoms with Gasteiger partial charge in [0.25, 0.3) is 0 Å². The van der Waals surface area contributed by atoms with Gasteiger partial charge in [0.15, 0.2) is 9.84 Å². The first-order chi connectivity index (χ1) is 15.1. The summed E-state index contributed by atoms with van der Waals surface area (Å²) in [6, 6.07) is 3.86. The van der Waals surface area contributed by atoms with Crippen LogP contribution >= 0.6 is 0 Å². The number of nitrogens with zero attached hydrogens (tertiary/aromatic N) is 2. The Labute approximate surface area is 187 Å². The largest absolute Gasteiger partial charge is 0.366 e. The molecule has 1 spiro atoms. The van der Waals surface area contributed by atoms with Crippen molar-refractivity contribution in [1.29, 1.82) is 0 Å². The number of halogens is 1. The fourth-order valence-corrected chi connectivity index (χ4v) is 6.85. The van der Waals surface area contributed by atoms with Crippen molar-refractivity contribution in [2.75, 3.05) is 39.0 Å². The monoisotopic (exact) mass is 465 g/mol. The Hall–Kier alpha value is -2.20. The lowest BCUT2D eigenvalue weighted by Crippen LogP contribution is -2.68. The van der Waals surface area contributed by atoms with Crippen LogP contribution in [0.5, 0.6) is 0 Å². The number of piperidine rings is 1. The summed E-state index contributed by atoms with van der Waals surface area (Å²) < 4.78 is 43.1. The van der Waals surface area contributed by atoms with Gasteiger partial charge in [-0.25, -0.2) is 17.6 Å². The smallest absolute Gasteiger partial charge is 0.320 e. The van der Waals surface area contributed by atoms with Crippen LogP contribution in [0, 0.1) is 17.2 Å². The lowest BCUT2D eigenvalue weighted by atomic mass is 9.56. The summed E-state index contributed by atoms with van der Waals surface area (Å²) in [6.45, 7) is 2.60. The van der Waals surface area contributed by atoms with Gasteiger partial charge < -0.3 is 19.9 Å². The Bertz CT molecular complexity index is 1050. The summed E-state index contributed by atoms with van der Waals surface area (Å²) in [5.41, 5.74) is 0.784. The quantitative estimate of drug-likeness (QED) is 0.724. The SMILES string of the molecule is CS(=O)(=O)c1cc(F)ccc1CC1CC2(C1)CN(C(=O)N1CC[C@@H]3OCC(=O)N[C@@H]3C1)C2. The number of carbonyl (C=O) groups is 2. The van der Waals surface area contributed by atoms with Crippen molar-refractivity contribution in [3.63, 3.8) is 0 Å². The van der Waals surface area contributed by atoms with Crippen molar-refractivity contribution < 1.29 is 27.1 Å². The third kappa shape index (κ3) is 3.98. The van der Waals surface area contributed by atoms with Crippen LogP contribution in [0.25, 0.3) is 0 Å². The normalized spacial score (nSPS) is 27.4. The molecule has 174 valence electrons. The summed E-state index contributed by atoms with van der Waals surface area (Å²) in [5.74, 6) is -0.344. The average Bonchev–Trinajstić information content (AvgIpc) is 2.68. The van der Waals surface area contributed by atoms with E-state index in [4.69, 9.17) is 4.74 Å². The number of urea groups is 1. The zero-order valence-corrected chi connectivity index (χ0v) is 18.9. The minimum absolute atomic E-state index is 0.00949. The first-order valence-electron chi connectivity index (χ1n) is 11.1. The molecule has 2 atom stereocenters. The molecule has 5 rings (SSSR count). The molecule has 4 fully saturated rings. The second kappa shape index (κ2) is 7.69. The van der Waals surface area contributed by atoms with E-state index in [1.165, 1.54) is 6.07 Å². The fraction of sp³-hybridized carbons (Fsp3) is 0.636. The number of hydrogen-bond acceptors (Lipinski definition) is 5. The Kier molecular flexibility index (Phi) is 5.20.